The number of amides is 1. The van der Waals surface area contributed by atoms with Gasteiger partial charge in [0.25, 0.3) is 5.91 Å². The van der Waals surface area contributed by atoms with Gasteiger partial charge in [-0.25, -0.2) is 9.97 Å². The highest BCUT2D eigenvalue weighted by Gasteiger charge is 2.35. The molecular weight excluding hydrogens is 359 g/mol. The quantitative estimate of drug-likeness (QED) is 0.886. The lowest BCUT2D eigenvalue weighted by Crippen LogP contribution is -2.49. The number of likely N-dealkylation sites (tertiary alicyclic amines) is 1. The third-order valence-corrected chi connectivity index (χ3v) is 4.66. The summed E-state index contributed by atoms with van der Waals surface area (Å²) in [4.78, 5) is 25.9. The van der Waals surface area contributed by atoms with Crippen molar-refractivity contribution in [3.05, 3.63) is 47.5 Å². The Morgan fingerprint density at radius 1 is 1.19 bits per heavy atom. The van der Waals surface area contributed by atoms with E-state index in [1.54, 1.807) is 23.2 Å². The van der Waals surface area contributed by atoms with Crippen molar-refractivity contribution in [2.24, 2.45) is 0 Å². The van der Waals surface area contributed by atoms with E-state index >= 15 is 0 Å². The van der Waals surface area contributed by atoms with Gasteiger partial charge in [0.2, 0.25) is 5.95 Å². The van der Waals surface area contributed by atoms with Crippen LogP contribution in [-0.4, -0.2) is 44.4 Å². The van der Waals surface area contributed by atoms with E-state index in [1.807, 2.05) is 13.8 Å². The van der Waals surface area contributed by atoms with Gasteiger partial charge in [-0.3, -0.25) is 9.78 Å². The first-order valence-corrected chi connectivity index (χ1v) is 8.57. The van der Waals surface area contributed by atoms with Crippen LogP contribution in [0.15, 0.2) is 30.6 Å². The lowest BCUT2D eigenvalue weighted by molar-refractivity contribution is -0.141. The summed E-state index contributed by atoms with van der Waals surface area (Å²) in [6, 6.07) is 4.26. The van der Waals surface area contributed by atoms with Crippen molar-refractivity contribution >= 4 is 11.9 Å². The number of aromatic nitrogens is 3. The van der Waals surface area contributed by atoms with Crippen LogP contribution in [0.25, 0.3) is 0 Å². The third-order valence-electron chi connectivity index (χ3n) is 4.66. The van der Waals surface area contributed by atoms with E-state index in [-0.39, 0.29) is 11.9 Å². The molecule has 2 aromatic heterocycles. The molecule has 27 heavy (non-hydrogen) atoms. The van der Waals surface area contributed by atoms with Gasteiger partial charge in [-0.1, -0.05) is 0 Å². The number of carbonyl (C=O) groups is 1. The van der Waals surface area contributed by atoms with Gasteiger partial charge in [0.15, 0.2) is 0 Å². The summed E-state index contributed by atoms with van der Waals surface area (Å²) in [6.07, 6.45) is -0.682. The maximum Gasteiger partial charge on any atom is 0.433 e. The van der Waals surface area contributed by atoms with Crippen LogP contribution in [0, 0.1) is 6.92 Å². The summed E-state index contributed by atoms with van der Waals surface area (Å²) in [5.41, 5.74) is -0.120. The van der Waals surface area contributed by atoms with Crippen molar-refractivity contribution in [1.82, 2.24) is 19.9 Å². The zero-order chi connectivity index (χ0) is 19.7. The molecule has 3 heterocycles. The molecule has 0 bridgehead atoms. The summed E-state index contributed by atoms with van der Waals surface area (Å²) in [7, 11) is 0. The fourth-order valence-corrected chi connectivity index (χ4v) is 3.04. The molecule has 3 rings (SSSR count). The minimum Gasteiger partial charge on any atom is -0.349 e. The van der Waals surface area contributed by atoms with E-state index in [0.717, 1.165) is 18.0 Å². The van der Waals surface area contributed by atoms with Gasteiger partial charge in [0.05, 0.1) is 0 Å². The SMILES string of the molecule is Cc1cc(C(=O)N2CCC(C)(Nc3nccc(C(F)(F)F)n3)CC2)ccn1. The summed E-state index contributed by atoms with van der Waals surface area (Å²) < 4.78 is 38.4. The summed E-state index contributed by atoms with van der Waals surface area (Å²) >= 11 is 0. The molecule has 1 fully saturated rings. The molecule has 0 aromatic carbocycles. The van der Waals surface area contributed by atoms with E-state index in [0.29, 0.717) is 31.5 Å². The van der Waals surface area contributed by atoms with Crippen LogP contribution in [0.5, 0.6) is 0 Å². The molecular formula is C18H20F3N5O. The molecule has 1 N–H and O–H groups in total. The number of nitrogens with zero attached hydrogens (tertiary/aromatic N) is 4. The molecule has 0 saturated carbocycles. The van der Waals surface area contributed by atoms with Crippen molar-refractivity contribution in [2.45, 2.75) is 38.4 Å². The first kappa shape index (κ1) is 19.1. The molecule has 0 unspecified atom stereocenters. The van der Waals surface area contributed by atoms with Crippen LogP contribution in [0.3, 0.4) is 0 Å². The minimum absolute atomic E-state index is 0.0585. The average molecular weight is 379 g/mol. The molecule has 0 spiro atoms. The number of piperidine rings is 1. The third kappa shape index (κ3) is 4.53. The van der Waals surface area contributed by atoms with E-state index in [9.17, 15) is 18.0 Å². The second-order valence-electron chi connectivity index (χ2n) is 6.93. The van der Waals surface area contributed by atoms with Crippen LogP contribution in [-0.2, 0) is 6.18 Å². The van der Waals surface area contributed by atoms with Crippen LogP contribution in [0.1, 0.15) is 41.5 Å². The molecule has 1 saturated heterocycles. The number of carbonyl (C=O) groups excluding carboxylic acids is 1. The fourth-order valence-electron chi connectivity index (χ4n) is 3.04. The second-order valence-corrected chi connectivity index (χ2v) is 6.93. The Bertz CT molecular complexity index is 832. The Kier molecular flexibility index (Phi) is 5.03. The van der Waals surface area contributed by atoms with E-state index in [4.69, 9.17) is 0 Å². The standard InChI is InChI=1S/C18H20F3N5O/c1-12-11-13(3-7-22-12)15(27)26-9-5-17(2,6-10-26)25-16-23-8-4-14(24-16)18(19,20)21/h3-4,7-8,11H,5-6,9-10H2,1-2H3,(H,23,24,25). The molecule has 1 aliphatic rings. The first-order valence-electron chi connectivity index (χ1n) is 8.57. The molecule has 1 aliphatic heterocycles. The maximum absolute atomic E-state index is 12.8. The molecule has 2 aromatic rings. The van der Waals surface area contributed by atoms with E-state index in [2.05, 4.69) is 20.3 Å². The molecule has 0 atom stereocenters. The van der Waals surface area contributed by atoms with Crippen molar-refractivity contribution in [3.63, 3.8) is 0 Å². The second kappa shape index (κ2) is 7.13. The highest BCUT2D eigenvalue weighted by atomic mass is 19.4. The number of pyridine rings is 1. The number of alkyl halides is 3. The number of anilines is 1. The number of nitrogens with one attached hydrogen (secondary N) is 1. The Morgan fingerprint density at radius 2 is 1.85 bits per heavy atom. The highest BCUT2D eigenvalue weighted by Crippen LogP contribution is 2.30. The number of halogens is 3. The lowest BCUT2D eigenvalue weighted by Gasteiger charge is -2.40. The van der Waals surface area contributed by atoms with E-state index < -0.39 is 17.4 Å². The monoisotopic (exact) mass is 379 g/mol. The number of hydrogen-bond donors (Lipinski definition) is 1. The molecule has 1 amide bonds. The Labute approximate surface area is 154 Å². The Morgan fingerprint density at radius 3 is 2.48 bits per heavy atom. The molecule has 144 valence electrons. The zero-order valence-electron chi connectivity index (χ0n) is 15.0. The van der Waals surface area contributed by atoms with Crippen LogP contribution >= 0.6 is 0 Å². The number of rotatable bonds is 3. The normalized spacial score (nSPS) is 16.9. The predicted molar refractivity (Wildman–Crippen MR) is 93.2 cm³/mol. The number of hydrogen-bond acceptors (Lipinski definition) is 5. The van der Waals surface area contributed by atoms with Gasteiger partial charge in [-0.15, -0.1) is 0 Å². The van der Waals surface area contributed by atoms with Crippen LogP contribution in [0.4, 0.5) is 19.1 Å². The van der Waals surface area contributed by atoms with Gasteiger partial charge in [0, 0.05) is 42.3 Å². The Hall–Kier alpha value is -2.71. The molecule has 6 nitrogen and oxygen atoms in total. The van der Waals surface area contributed by atoms with Gasteiger partial charge in [-0.05, 0) is 44.9 Å². The van der Waals surface area contributed by atoms with Gasteiger partial charge in [-0.2, -0.15) is 13.2 Å². The predicted octanol–water partition coefficient (Wildman–Crippen LogP) is 3.31. The van der Waals surface area contributed by atoms with Crippen molar-refractivity contribution in [3.8, 4) is 0 Å². The summed E-state index contributed by atoms with van der Waals surface area (Å²) in [5.74, 6) is -0.130. The molecule has 0 radical (unpaired) electrons. The topological polar surface area (TPSA) is 71.0 Å². The fraction of sp³-hybridized carbons (Fsp3) is 0.444. The van der Waals surface area contributed by atoms with Crippen LogP contribution in [0.2, 0.25) is 0 Å². The van der Waals surface area contributed by atoms with Gasteiger partial charge < -0.3 is 10.2 Å². The minimum atomic E-state index is -4.52. The lowest BCUT2D eigenvalue weighted by atomic mass is 9.89. The maximum atomic E-state index is 12.8. The highest BCUT2D eigenvalue weighted by molar-refractivity contribution is 5.94. The molecule has 0 aliphatic carbocycles. The average Bonchev–Trinajstić information content (AvgIpc) is 2.61. The smallest absolute Gasteiger partial charge is 0.349 e. The first-order chi connectivity index (χ1) is 12.7. The molecule has 9 heteroatoms. The summed E-state index contributed by atoms with van der Waals surface area (Å²) in [5, 5.41) is 3.01. The van der Waals surface area contributed by atoms with E-state index in [1.165, 1.54) is 0 Å². The van der Waals surface area contributed by atoms with Crippen LogP contribution < -0.4 is 5.32 Å². The van der Waals surface area contributed by atoms with Gasteiger partial charge in [0.1, 0.15) is 5.69 Å². The Balaban J connectivity index is 1.65. The number of aryl methyl sites for hydroxylation is 1. The largest absolute Gasteiger partial charge is 0.433 e. The summed E-state index contributed by atoms with van der Waals surface area (Å²) in [6.45, 7) is 4.70. The van der Waals surface area contributed by atoms with Crippen molar-refractivity contribution in [2.75, 3.05) is 18.4 Å². The zero-order valence-corrected chi connectivity index (χ0v) is 15.0. The van der Waals surface area contributed by atoms with Crippen molar-refractivity contribution in [1.29, 1.82) is 0 Å². The van der Waals surface area contributed by atoms with Gasteiger partial charge >= 0.3 is 6.18 Å². The van der Waals surface area contributed by atoms with Crippen molar-refractivity contribution < 1.29 is 18.0 Å².